The predicted octanol–water partition coefficient (Wildman–Crippen LogP) is 4.14. The lowest BCUT2D eigenvalue weighted by atomic mass is 9.94. The second-order valence-corrected chi connectivity index (χ2v) is 5.95. The van der Waals surface area contributed by atoms with Crippen LogP contribution in [0.1, 0.15) is 18.9 Å². The summed E-state index contributed by atoms with van der Waals surface area (Å²) in [4.78, 5) is 4.80. The van der Waals surface area contributed by atoms with Crippen LogP contribution in [-0.4, -0.2) is 11.5 Å². The monoisotopic (exact) mass is 281 g/mol. The molecule has 0 bridgehead atoms. The third kappa shape index (κ3) is 2.51. The highest BCUT2D eigenvalue weighted by molar-refractivity contribution is 7.11. The molecule has 3 rings (SSSR count). The molecule has 0 amide bonds. The van der Waals surface area contributed by atoms with E-state index in [0.717, 1.165) is 17.2 Å². The number of nitrogens with one attached hydrogen (secondary N) is 1. The van der Waals surface area contributed by atoms with Gasteiger partial charge in [-0.25, -0.2) is 4.98 Å². The van der Waals surface area contributed by atoms with Crippen LogP contribution < -0.4 is 5.32 Å². The van der Waals surface area contributed by atoms with Crippen molar-refractivity contribution >= 4 is 16.9 Å². The number of nitrogens with zero attached hydrogens (tertiary/aromatic N) is 1. The first-order chi connectivity index (χ1) is 9.75. The molecule has 1 aromatic heterocycles. The van der Waals surface area contributed by atoms with Crippen molar-refractivity contribution in [3.8, 4) is 11.3 Å². The molecular weight excluding hydrogens is 264 g/mol. The van der Waals surface area contributed by atoms with Gasteiger partial charge >= 0.3 is 0 Å². The van der Waals surface area contributed by atoms with E-state index in [4.69, 9.17) is 4.98 Å². The zero-order valence-corrected chi connectivity index (χ0v) is 12.5. The third-order valence-electron chi connectivity index (χ3n) is 3.30. The first-order valence-corrected chi connectivity index (χ1v) is 7.71. The van der Waals surface area contributed by atoms with Crippen LogP contribution in [-0.2, 0) is 0 Å². The van der Waals surface area contributed by atoms with Gasteiger partial charge in [0.2, 0.25) is 10.6 Å². The summed E-state index contributed by atoms with van der Waals surface area (Å²) in [6, 6.07) is 10.3. The lowest BCUT2D eigenvalue weighted by Crippen LogP contribution is -2.15. The van der Waals surface area contributed by atoms with Crippen LogP contribution in [0.2, 0.25) is 0 Å². The minimum absolute atomic E-state index is 0.443. The van der Waals surface area contributed by atoms with Gasteiger partial charge in [-0.1, -0.05) is 44.2 Å². The summed E-state index contributed by atoms with van der Waals surface area (Å²) in [5.74, 6) is 0.443. The molecule has 0 spiro atoms. The molecule has 100 valence electrons. The zero-order valence-electron chi connectivity index (χ0n) is 11.7. The van der Waals surface area contributed by atoms with E-state index in [1.165, 1.54) is 16.7 Å². The summed E-state index contributed by atoms with van der Waals surface area (Å²) in [6.07, 6.45) is 5.49. The molecule has 0 saturated heterocycles. The number of aromatic nitrogens is 1. The van der Waals surface area contributed by atoms with Crippen LogP contribution in [0.4, 0.5) is 0 Å². The summed E-state index contributed by atoms with van der Waals surface area (Å²) in [7, 11) is 0. The van der Waals surface area contributed by atoms with Gasteiger partial charge in [0.25, 0.3) is 0 Å². The topological polar surface area (TPSA) is 24.9 Å². The Kier molecular flexibility index (Phi) is 3.64. The Bertz CT molecular complexity index is 651. The smallest absolute Gasteiger partial charge is 0.209 e. The second-order valence-electron chi connectivity index (χ2n) is 5.10. The molecule has 0 fully saturated rings. The van der Waals surface area contributed by atoms with Crippen LogP contribution in [0, 0.1) is 12.1 Å². The van der Waals surface area contributed by atoms with Gasteiger partial charge in [0, 0.05) is 22.9 Å². The van der Waals surface area contributed by atoms with Crippen molar-refractivity contribution in [1.29, 1.82) is 0 Å². The highest BCUT2D eigenvalue weighted by atomic mass is 32.1. The van der Waals surface area contributed by atoms with E-state index in [2.05, 4.69) is 49.0 Å². The number of rotatable bonds is 3. The van der Waals surface area contributed by atoms with Gasteiger partial charge in [-0.05, 0) is 0 Å². The number of allylic oxidation sites excluding steroid dienone is 2. The molecule has 1 aliphatic heterocycles. The van der Waals surface area contributed by atoms with Crippen molar-refractivity contribution in [3.63, 3.8) is 0 Å². The predicted molar refractivity (Wildman–Crippen MR) is 85.1 cm³/mol. The number of thiazole rings is 1. The molecule has 0 saturated carbocycles. The molecule has 1 aromatic carbocycles. The van der Waals surface area contributed by atoms with Crippen molar-refractivity contribution in [2.24, 2.45) is 5.92 Å². The summed E-state index contributed by atoms with van der Waals surface area (Å²) >= 11 is 1.70. The normalized spacial score (nSPS) is 14.3. The number of hydrogen-bond donors (Lipinski definition) is 1. The van der Waals surface area contributed by atoms with Gasteiger partial charge in [0.1, 0.15) is 0 Å². The van der Waals surface area contributed by atoms with E-state index >= 15 is 0 Å². The second kappa shape index (κ2) is 5.58. The molecule has 2 heterocycles. The van der Waals surface area contributed by atoms with Crippen molar-refractivity contribution in [2.45, 2.75) is 13.8 Å². The molecule has 0 unspecified atom stereocenters. The summed E-state index contributed by atoms with van der Waals surface area (Å²) < 4.78 is 0. The Labute approximate surface area is 123 Å². The molecule has 1 N–H and O–H groups in total. The number of benzene rings is 1. The first-order valence-electron chi connectivity index (χ1n) is 6.83. The lowest BCUT2D eigenvalue weighted by Gasteiger charge is -2.06. The van der Waals surface area contributed by atoms with Crippen molar-refractivity contribution in [1.82, 2.24) is 10.3 Å². The van der Waals surface area contributed by atoms with Crippen LogP contribution in [0.5, 0.6) is 0 Å². The highest BCUT2D eigenvalue weighted by Gasteiger charge is 2.28. The lowest BCUT2D eigenvalue weighted by molar-refractivity contribution is 0.761. The average molecular weight is 281 g/mol. The maximum Gasteiger partial charge on any atom is 0.209 e. The standard InChI is InChI=1S/C17H17N2S/c1-12(2)15-10-18-9-8-14(15)17-19-16(11-20-17)13-6-4-3-5-7-13/h3-8,11-12,18H,9H2,1-2H3/q+1. The Morgan fingerprint density at radius 3 is 2.80 bits per heavy atom. The fourth-order valence-electron chi connectivity index (χ4n) is 2.27. The van der Waals surface area contributed by atoms with Crippen molar-refractivity contribution in [2.75, 3.05) is 6.54 Å². The number of dihydropyridines is 1. The van der Waals surface area contributed by atoms with Crippen LogP contribution in [0.3, 0.4) is 0 Å². The Morgan fingerprint density at radius 2 is 2.05 bits per heavy atom. The molecule has 20 heavy (non-hydrogen) atoms. The third-order valence-corrected chi connectivity index (χ3v) is 4.18. The van der Waals surface area contributed by atoms with Gasteiger partial charge < -0.3 is 0 Å². The highest BCUT2D eigenvalue weighted by Crippen LogP contribution is 2.33. The fraction of sp³-hybridized carbons (Fsp3) is 0.235. The minimum Gasteiger partial charge on any atom is -0.261 e. The summed E-state index contributed by atoms with van der Waals surface area (Å²) in [5.41, 5.74) is 4.66. The molecule has 0 atom stereocenters. The van der Waals surface area contributed by atoms with Gasteiger partial charge in [0.05, 0.1) is 12.2 Å². The molecule has 2 aromatic rings. The number of hydrogen-bond acceptors (Lipinski definition) is 3. The fourth-order valence-corrected chi connectivity index (χ4v) is 3.16. The van der Waals surface area contributed by atoms with E-state index in [1.807, 2.05) is 18.2 Å². The van der Waals surface area contributed by atoms with Crippen LogP contribution >= 0.6 is 11.3 Å². The van der Waals surface area contributed by atoms with Crippen LogP contribution in [0.25, 0.3) is 16.8 Å². The Morgan fingerprint density at radius 1 is 1.25 bits per heavy atom. The van der Waals surface area contributed by atoms with E-state index < -0.39 is 0 Å². The van der Waals surface area contributed by atoms with Crippen molar-refractivity contribution < 1.29 is 0 Å². The van der Waals surface area contributed by atoms with Gasteiger partial charge in [-0.15, -0.1) is 11.3 Å². The minimum atomic E-state index is 0.443. The first kappa shape index (κ1) is 13.0. The summed E-state index contributed by atoms with van der Waals surface area (Å²) in [6.45, 7) is 5.20. The quantitative estimate of drug-likeness (QED) is 0.855. The van der Waals surface area contributed by atoms with Gasteiger partial charge in [-0.2, -0.15) is 0 Å². The van der Waals surface area contributed by atoms with E-state index in [0.29, 0.717) is 5.92 Å². The molecular formula is C17H17N2S+. The van der Waals surface area contributed by atoms with E-state index in [1.54, 1.807) is 11.3 Å². The van der Waals surface area contributed by atoms with E-state index in [-0.39, 0.29) is 0 Å². The Balaban J connectivity index is 1.94. The largest absolute Gasteiger partial charge is 0.261 e. The maximum atomic E-state index is 4.80. The zero-order chi connectivity index (χ0) is 13.9. The van der Waals surface area contributed by atoms with Gasteiger partial charge in [-0.3, -0.25) is 5.32 Å². The maximum absolute atomic E-state index is 4.80. The van der Waals surface area contributed by atoms with E-state index in [9.17, 15) is 0 Å². The molecule has 3 heteroatoms. The molecule has 0 aliphatic carbocycles. The average Bonchev–Trinajstić information content (AvgIpc) is 2.98. The summed E-state index contributed by atoms with van der Waals surface area (Å²) in [5, 5.41) is 6.38. The van der Waals surface area contributed by atoms with Crippen molar-refractivity contribution in [3.05, 3.63) is 58.6 Å². The molecule has 1 aliphatic rings. The SMILES string of the molecule is CC(C)C1=[C+]NCC=C1c1nc(-c2ccccc2)cs1. The molecule has 2 nitrogen and oxygen atoms in total. The van der Waals surface area contributed by atoms with Crippen LogP contribution in [0.15, 0.2) is 47.4 Å². The Hall–Kier alpha value is -1.96. The van der Waals surface area contributed by atoms with Gasteiger partial charge in [0.15, 0.2) is 11.8 Å². The molecule has 0 radical (unpaired) electrons.